The zero-order chi connectivity index (χ0) is 34.7. The summed E-state index contributed by atoms with van der Waals surface area (Å²) in [6.45, 7) is 4.89. The lowest BCUT2D eigenvalue weighted by Gasteiger charge is -2.33. The first-order valence-electron chi connectivity index (χ1n) is 17.8. The second kappa shape index (κ2) is 12.9. The number of halogens is 1. The van der Waals surface area contributed by atoms with E-state index in [4.69, 9.17) is 15.5 Å². The van der Waals surface area contributed by atoms with Crippen LogP contribution in [0.25, 0.3) is 33.5 Å². The number of benzene rings is 2. The smallest absolute Gasteiger partial charge is 0.254 e. The van der Waals surface area contributed by atoms with Crippen molar-refractivity contribution < 1.29 is 18.7 Å². The number of carbonyl (C=O) groups is 2. The number of aryl methyl sites for hydroxylation is 1. The van der Waals surface area contributed by atoms with Gasteiger partial charge in [-0.25, -0.2) is 9.37 Å². The van der Waals surface area contributed by atoms with Gasteiger partial charge in [0, 0.05) is 68.9 Å². The summed E-state index contributed by atoms with van der Waals surface area (Å²) in [4.78, 5) is 34.6. The Bertz CT molecular complexity index is 2080. The van der Waals surface area contributed by atoms with E-state index in [2.05, 4.69) is 38.5 Å². The fraction of sp³-hybridized carbons (Fsp3) is 0.474. The van der Waals surface area contributed by atoms with Crippen molar-refractivity contribution in [2.75, 3.05) is 33.3 Å². The molecule has 1 aliphatic carbocycles. The topological polar surface area (TPSA) is 116 Å². The van der Waals surface area contributed by atoms with Crippen LogP contribution in [0.1, 0.15) is 66.4 Å². The molecule has 5 heterocycles. The van der Waals surface area contributed by atoms with E-state index in [1.807, 2.05) is 24.3 Å². The molecule has 0 radical (unpaired) electrons. The maximum atomic E-state index is 14.5. The van der Waals surface area contributed by atoms with Crippen LogP contribution >= 0.6 is 0 Å². The number of fused-ring (bicyclic) bond motifs is 2. The van der Waals surface area contributed by atoms with Crippen molar-refractivity contribution in [3.05, 3.63) is 65.5 Å². The number of hydrogen-bond donors (Lipinski definition) is 1. The Kier molecular flexibility index (Phi) is 8.37. The number of piperidine rings is 2. The standard InChI is InChI=1S/C38H45FN8O3/c1-23(48)44-11-9-26(10-12-44)31-6-4-5-27-14-33(46(35(27)31)19-24-7-8-24)37-42-32-13-28(38(49)45-21-29(39)16-30(40)22-45)15-34(50-3)36(32)47(37)20-25-17-41-43(2)18-25/h4-6,13-15,17-18,24,26,29-30H,7-12,16,19-22,40H2,1-3H3/t29-,30-/m1/s1. The van der Waals surface area contributed by atoms with Crippen LogP contribution in [0.4, 0.5) is 4.39 Å². The van der Waals surface area contributed by atoms with E-state index in [-0.39, 0.29) is 24.8 Å². The Morgan fingerprint density at radius 2 is 1.82 bits per heavy atom. The van der Waals surface area contributed by atoms with Gasteiger partial charge in [0.2, 0.25) is 5.91 Å². The van der Waals surface area contributed by atoms with Gasteiger partial charge in [0.15, 0.2) is 5.82 Å². The molecule has 2 N–H and O–H groups in total. The number of aromatic nitrogens is 5. The minimum absolute atomic E-state index is 0.0188. The highest BCUT2D eigenvalue weighted by Gasteiger charge is 2.32. The summed E-state index contributed by atoms with van der Waals surface area (Å²) >= 11 is 0. The average Bonchev–Trinajstić information content (AvgIpc) is 3.55. The van der Waals surface area contributed by atoms with Crippen LogP contribution in [0.2, 0.25) is 0 Å². The molecule has 12 heteroatoms. The number of alkyl halides is 1. The molecule has 1 saturated carbocycles. The molecule has 262 valence electrons. The third kappa shape index (κ3) is 6.03. The number of amides is 2. The van der Waals surface area contributed by atoms with Crippen LogP contribution in [-0.2, 0) is 24.9 Å². The highest BCUT2D eigenvalue weighted by Crippen LogP contribution is 2.42. The average molecular weight is 681 g/mol. The maximum Gasteiger partial charge on any atom is 0.254 e. The van der Waals surface area contributed by atoms with E-state index in [9.17, 15) is 14.0 Å². The molecule has 0 unspecified atom stereocenters. The van der Waals surface area contributed by atoms with Gasteiger partial charge in [-0.2, -0.15) is 5.10 Å². The SMILES string of the molecule is COc1cc(C(=O)N2C[C@H](N)C[C@@H](F)C2)cc2nc(-c3cc4cccc(C5CCN(C(C)=O)CC5)c4n3CC3CC3)n(Cc3cnn(C)c3)c12. The van der Waals surface area contributed by atoms with Gasteiger partial charge in [0.25, 0.3) is 5.91 Å². The molecule has 0 bridgehead atoms. The van der Waals surface area contributed by atoms with Gasteiger partial charge < -0.3 is 29.4 Å². The molecule has 0 spiro atoms. The summed E-state index contributed by atoms with van der Waals surface area (Å²) in [6.07, 6.45) is 7.22. The molecule has 2 aliphatic heterocycles. The van der Waals surface area contributed by atoms with E-state index in [1.54, 1.807) is 30.8 Å². The molecule has 50 heavy (non-hydrogen) atoms. The van der Waals surface area contributed by atoms with E-state index in [0.717, 1.165) is 60.5 Å². The number of hydrogen-bond acceptors (Lipinski definition) is 6. The minimum Gasteiger partial charge on any atom is -0.494 e. The Balaban J connectivity index is 1.29. The molecule has 11 nitrogen and oxygen atoms in total. The monoisotopic (exact) mass is 680 g/mol. The van der Waals surface area contributed by atoms with Gasteiger partial charge in [-0.1, -0.05) is 18.2 Å². The predicted octanol–water partition coefficient (Wildman–Crippen LogP) is 5.10. The van der Waals surface area contributed by atoms with Gasteiger partial charge in [-0.15, -0.1) is 0 Å². The van der Waals surface area contributed by atoms with Crippen LogP contribution in [0.3, 0.4) is 0 Å². The summed E-state index contributed by atoms with van der Waals surface area (Å²) < 4.78 is 26.9. The summed E-state index contributed by atoms with van der Waals surface area (Å²) in [6, 6.07) is 12.0. The van der Waals surface area contributed by atoms with Crippen molar-refractivity contribution in [1.82, 2.24) is 33.7 Å². The Hall–Kier alpha value is -4.71. The second-order valence-electron chi connectivity index (χ2n) is 14.5. The van der Waals surface area contributed by atoms with E-state index >= 15 is 0 Å². The Morgan fingerprint density at radius 1 is 1.02 bits per heavy atom. The van der Waals surface area contributed by atoms with Crippen molar-refractivity contribution >= 4 is 33.8 Å². The predicted molar refractivity (Wildman–Crippen MR) is 190 cm³/mol. The van der Waals surface area contributed by atoms with Gasteiger partial charge in [-0.05, 0) is 67.7 Å². The number of imidazole rings is 1. The van der Waals surface area contributed by atoms with Crippen molar-refractivity contribution in [1.29, 1.82) is 0 Å². The number of ether oxygens (including phenoxy) is 1. The van der Waals surface area contributed by atoms with Crippen molar-refractivity contribution in [2.45, 2.75) is 70.2 Å². The van der Waals surface area contributed by atoms with Gasteiger partial charge >= 0.3 is 0 Å². The fourth-order valence-corrected chi connectivity index (χ4v) is 8.14. The molecule has 2 aromatic carbocycles. The molecular formula is C38H45FN8O3. The highest BCUT2D eigenvalue weighted by molar-refractivity contribution is 6.00. The number of rotatable bonds is 8. The summed E-state index contributed by atoms with van der Waals surface area (Å²) in [7, 11) is 3.51. The number of carbonyl (C=O) groups excluding carboxylic acids is 2. The third-order valence-corrected chi connectivity index (χ3v) is 10.8. The summed E-state index contributed by atoms with van der Waals surface area (Å²) in [5, 5.41) is 5.60. The lowest BCUT2D eigenvalue weighted by atomic mass is 9.88. The Morgan fingerprint density at radius 3 is 2.50 bits per heavy atom. The molecule has 2 saturated heterocycles. The van der Waals surface area contributed by atoms with Crippen LogP contribution in [0, 0.1) is 5.92 Å². The second-order valence-corrected chi connectivity index (χ2v) is 14.5. The lowest BCUT2D eigenvalue weighted by molar-refractivity contribution is -0.129. The molecule has 3 aliphatic rings. The number of likely N-dealkylation sites (tertiary alicyclic amines) is 2. The summed E-state index contributed by atoms with van der Waals surface area (Å²) in [5.41, 5.74) is 12.5. The van der Waals surface area contributed by atoms with Gasteiger partial charge in [0.1, 0.15) is 17.4 Å². The number of para-hydroxylation sites is 1. The van der Waals surface area contributed by atoms with E-state index in [1.165, 1.54) is 28.8 Å². The largest absolute Gasteiger partial charge is 0.494 e. The number of nitrogens with two attached hydrogens (primary N) is 1. The maximum absolute atomic E-state index is 14.5. The molecule has 2 amide bonds. The van der Waals surface area contributed by atoms with Crippen molar-refractivity contribution in [2.24, 2.45) is 18.7 Å². The van der Waals surface area contributed by atoms with E-state index in [0.29, 0.717) is 41.8 Å². The van der Waals surface area contributed by atoms with E-state index < -0.39 is 12.2 Å². The van der Waals surface area contributed by atoms with Crippen LogP contribution in [-0.4, -0.2) is 91.0 Å². The zero-order valence-electron chi connectivity index (χ0n) is 29.0. The molecule has 3 aromatic heterocycles. The van der Waals surface area contributed by atoms with Crippen LogP contribution in [0.5, 0.6) is 5.75 Å². The minimum atomic E-state index is -1.15. The first-order valence-corrected chi connectivity index (χ1v) is 17.8. The normalized spacial score (nSPS) is 20.3. The van der Waals surface area contributed by atoms with Gasteiger partial charge in [-0.3, -0.25) is 14.3 Å². The lowest BCUT2D eigenvalue weighted by Crippen LogP contribution is -2.50. The van der Waals surface area contributed by atoms with Crippen LogP contribution in [0.15, 0.2) is 48.8 Å². The van der Waals surface area contributed by atoms with Crippen molar-refractivity contribution in [3.8, 4) is 17.3 Å². The third-order valence-electron chi connectivity index (χ3n) is 10.8. The number of nitrogens with zero attached hydrogens (tertiary/aromatic N) is 7. The highest BCUT2D eigenvalue weighted by atomic mass is 19.1. The van der Waals surface area contributed by atoms with Gasteiger partial charge in [0.05, 0.1) is 43.1 Å². The zero-order valence-corrected chi connectivity index (χ0v) is 29.0. The quantitative estimate of drug-likeness (QED) is 0.244. The molecule has 5 aromatic rings. The number of methoxy groups -OCH3 is 1. The van der Waals surface area contributed by atoms with Crippen molar-refractivity contribution in [3.63, 3.8) is 0 Å². The molecule has 3 fully saturated rings. The Labute approximate surface area is 290 Å². The fourth-order valence-electron chi connectivity index (χ4n) is 8.14. The molecule has 8 rings (SSSR count). The molecular weight excluding hydrogens is 635 g/mol. The summed E-state index contributed by atoms with van der Waals surface area (Å²) in [5.74, 6) is 2.11. The van der Waals surface area contributed by atoms with Crippen LogP contribution < -0.4 is 10.5 Å². The first kappa shape index (κ1) is 32.5. The first-order chi connectivity index (χ1) is 24.2. The molecule has 2 atom stereocenters.